The van der Waals surface area contributed by atoms with Gasteiger partial charge in [-0.25, -0.2) is 0 Å². The van der Waals surface area contributed by atoms with Crippen LogP contribution in [0.2, 0.25) is 0 Å². The van der Waals surface area contributed by atoms with Crippen LogP contribution in [0.5, 0.6) is 0 Å². The molecule has 0 saturated carbocycles. The zero-order valence-electron chi connectivity index (χ0n) is 35.7. The van der Waals surface area contributed by atoms with Crippen LogP contribution in [0.3, 0.4) is 0 Å². The number of pyridine rings is 1. The molecule has 0 amide bonds. The third kappa shape index (κ3) is 5.78. The maximum absolute atomic E-state index is 9.73. The van der Waals surface area contributed by atoms with Gasteiger partial charge in [0.1, 0.15) is 17.0 Å². The minimum atomic E-state index is -1.84. The van der Waals surface area contributed by atoms with E-state index in [2.05, 4.69) is 123 Å². The number of aromatic nitrogens is 4. The van der Waals surface area contributed by atoms with Crippen molar-refractivity contribution in [3.8, 4) is 17.2 Å². The van der Waals surface area contributed by atoms with Crippen LogP contribution in [0.25, 0.3) is 39.0 Å². The molecular weight excluding hydrogens is 846 g/mol. The number of rotatable bonds is 3. The molecule has 0 fully saturated rings. The summed E-state index contributed by atoms with van der Waals surface area (Å²) in [7, 11) is 0. The predicted molar refractivity (Wildman–Crippen MR) is 216 cm³/mol. The number of aryl methyl sites for hydroxylation is 3. The Labute approximate surface area is 338 Å². The molecule has 8 rings (SSSR count). The van der Waals surface area contributed by atoms with Gasteiger partial charge in [-0.3, -0.25) is 19.9 Å². The van der Waals surface area contributed by atoms with Crippen molar-refractivity contribution < 1.29 is 28.5 Å². The molecule has 0 unspecified atom stereocenters. The number of aliphatic imine (C=N–C) groups is 1. The quantitative estimate of drug-likeness (QED) is 0.166. The van der Waals surface area contributed by atoms with E-state index >= 15 is 0 Å². The third-order valence-corrected chi connectivity index (χ3v) is 11.1. The molecule has 3 aromatic heterocycles. The minimum absolute atomic E-state index is 0. The Morgan fingerprint density at radius 1 is 0.796 bits per heavy atom. The smallest absolute Gasteiger partial charge is 0.525 e. The Balaban J connectivity index is 0.00000480. The van der Waals surface area contributed by atoms with Crippen LogP contribution in [-0.4, -0.2) is 31.0 Å². The summed E-state index contributed by atoms with van der Waals surface area (Å²) >= 11 is 0. The average molecular weight is 899 g/mol. The Bertz CT molecular complexity index is 2620. The van der Waals surface area contributed by atoms with Gasteiger partial charge in [0.25, 0.3) is 0 Å². The summed E-state index contributed by atoms with van der Waals surface area (Å²) in [4.78, 5) is 20.5. The van der Waals surface area contributed by atoms with E-state index in [9.17, 15) is 2.74 Å². The normalized spacial score (nSPS) is 21.2. The van der Waals surface area contributed by atoms with Crippen molar-refractivity contribution in [3.05, 3.63) is 118 Å². The van der Waals surface area contributed by atoms with Crippen molar-refractivity contribution in [1.29, 1.82) is 0 Å². The van der Waals surface area contributed by atoms with Crippen LogP contribution >= 0.6 is 0 Å². The fraction of sp³-hybridized carbons (Fsp3) is 0.404. The van der Waals surface area contributed by atoms with E-state index < -0.39 is 22.9 Å². The van der Waals surface area contributed by atoms with Gasteiger partial charge in [0.15, 0.2) is 0 Å². The first-order chi connectivity index (χ1) is 25.5. The minimum Gasteiger partial charge on any atom is -0.525 e. The summed E-state index contributed by atoms with van der Waals surface area (Å²) in [5.74, 6) is 1.58. The largest absolute Gasteiger partial charge is 2.00 e. The van der Waals surface area contributed by atoms with E-state index in [0.29, 0.717) is 28.7 Å². The van der Waals surface area contributed by atoms with Gasteiger partial charge in [-0.05, 0) is 66.0 Å². The molecule has 54 heavy (non-hydrogen) atoms. The fourth-order valence-electron chi connectivity index (χ4n) is 8.12. The Hall–Kier alpha value is -4.15. The van der Waals surface area contributed by atoms with Crippen LogP contribution in [0.15, 0.2) is 65.8 Å². The van der Waals surface area contributed by atoms with Crippen molar-refractivity contribution in [2.24, 2.45) is 10.4 Å². The first-order valence-corrected chi connectivity index (χ1v) is 18.7. The van der Waals surface area contributed by atoms with Gasteiger partial charge in [-0.1, -0.05) is 116 Å². The van der Waals surface area contributed by atoms with E-state index in [4.69, 9.17) is 24.7 Å². The standard InChI is InChI=1S/C47H51N5O.Pt/c1-27-15-17-36-33(20-27)34-22-29(3)32(41-48-19-18-38(50-41)43(4,5)6)25-37(34)52(36)40-24-31(23-39(49-40)44(7,8)9)42-51-46(13)35-21-28(2)14-16-30(35)26-47(46,53-42)45(10,11)12;/h14-23H,26H2,1-13H3;/q-2;+2/t46-,47-;/m1./s1/i26D2;. The first kappa shape index (κ1) is 35.5. The number of hydrogen-bond acceptors (Lipinski definition) is 5. The zero-order valence-corrected chi connectivity index (χ0v) is 36.0. The molecular formula is C47H51N5OPt. The summed E-state index contributed by atoms with van der Waals surface area (Å²) in [5, 5.41) is 2.14. The molecule has 3 aromatic carbocycles. The molecule has 6 nitrogen and oxygen atoms in total. The number of nitrogens with zero attached hydrogens (tertiary/aromatic N) is 5. The van der Waals surface area contributed by atoms with Gasteiger partial charge in [0.05, 0.1) is 11.6 Å². The summed E-state index contributed by atoms with van der Waals surface area (Å²) < 4.78 is 28.7. The van der Waals surface area contributed by atoms with Crippen molar-refractivity contribution in [3.63, 3.8) is 0 Å². The second-order valence-corrected chi connectivity index (χ2v) is 18.4. The van der Waals surface area contributed by atoms with Gasteiger partial charge >= 0.3 is 21.1 Å². The molecule has 2 aliphatic rings. The van der Waals surface area contributed by atoms with E-state index in [-0.39, 0.29) is 31.9 Å². The molecule has 0 N–H and O–H groups in total. The molecule has 7 heteroatoms. The van der Waals surface area contributed by atoms with E-state index in [1.165, 1.54) is 0 Å². The predicted octanol–water partition coefficient (Wildman–Crippen LogP) is 10.8. The second kappa shape index (κ2) is 12.4. The van der Waals surface area contributed by atoms with Gasteiger partial charge in [0, 0.05) is 37.4 Å². The number of benzene rings is 3. The van der Waals surface area contributed by atoms with Crippen molar-refractivity contribution >= 4 is 27.7 Å². The zero-order chi connectivity index (χ0) is 39.8. The van der Waals surface area contributed by atoms with Crippen LogP contribution < -0.4 is 0 Å². The maximum Gasteiger partial charge on any atom is 2.00 e. The Kier molecular flexibility index (Phi) is 8.18. The fourth-order valence-corrected chi connectivity index (χ4v) is 8.12. The molecule has 0 radical (unpaired) electrons. The van der Waals surface area contributed by atoms with Crippen LogP contribution in [-0.2, 0) is 48.5 Å². The molecule has 1 aliphatic heterocycles. The van der Waals surface area contributed by atoms with Crippen LogP contribution in [0, 0.1) is 38.3 Å². The molecule has 2 atom stereocenters. The van der Waals surface area contributed by atoms with Crippen LogP contribution in [0.1, 0.15) is 117 Å². The molecule has 6 aromatic rings. The Morgan fingerprint density at radius 2 is 1.48 bits per heavy atom. The van der Waals surface area contributed by atoms with Gasteiger partial charge in [-0.15, -0.1) is 41.0 Å². The molecule has 4 heterocycles. The number of ether oxygens (including phenoxy) is 1. The van der Waals surface area contributed by atoms with Crippen molar-refractivity contribution in [1.82, 2.24) is 19.5 Å². The number of fused-ring (bicyclic) bond motifs is 6. The summed E-state index contributed by atoms with van der Waals surface area (Å²) in [6, 6.07) is 26.1. The summed E-state index contributed by atoms with van der Waals surface area (Å²) in [6.07, 6.45) is -0.00431. The van der Waals surface area contributed by atoms with Gasteiger partial charge < -0.3 is 9.30 Å². The van der Waals surface area contributed by atoms with Crippen molar-refractivity contribution in [2.75, 3.05) is 0 Å². The van der Waals surface area contributed by atoms with E-state index in [1.54, 1.807) is 0 Å². The molecule has 0 saturated heterocycles. The van der Waals surface area contributed by atoms with Crippen molar-refractivity contribution in [2.45, 2.75) is 118 Å². The number of hydrogen-bond donors (Lipinski definition) is 0. The van der Waals surface area contributed by atoms with E-state index in [1.807, 2.05) is 44.3 Å². The SMILES string of the molecule is [2H]C1([2H])c2ccc(C)cc2[C@@]2(C)N=C(c3[c-]c(-n4c5[c-]c(-c6nccc(C(C)(C)C)n6)c(C)cc5c5cc(C)ccc54)nc(C(C)(C)C)c3)O[C@@]12C(C)(C)C.[Pt+2]. The average Bonchev–Trinajstić information content (AvgIpc) is 3.64. The summed E-state index contributed by atoms with van der Waals surface area (Å²) in [5.41, 5.74) is 6.36. The van der Waals surface area contributed by atoms with E-state index in [0.717, 1.165) is 61.0 Å². The monoisotopic (exact) mass is 898 g/mol. The first-order valence-electron chi connectivity index (χ1n) is 19.7. The topological polar surface area (TPSA) is 65.2 Å². The summed E-state index contributed by atoms with van der Waals surface area (Å²) in [6.45, 7) is 27.3. The molecule has 0 bridgehead atoms. The van der Waals surface area contributed by atoms with Gasteiger partial charge in [-0.2, -0.15) is 0 Å². The van der Waals surface area contributed by atoms with Gasteiger partial charge in [0.2, 0.25) is 0 Å². The maximum atomic E-state index is 9.73. The second-order valence-electron chi connectivity index (χ2n) is 18.4. The molecule has 280 valence electrons. The molecule has 1 aliphatic carbocycles. The molecule has 0 spiro atoms. The third-order valence-electron chi connectivity index (χ3n) is 11.1. The van der Waals surface area contributed by atoms with Crippen LogP contribution in [0.4, 0.5) is 0 Å². The Morgan fingerprint density at radius 3 is 2.17 bits per heavy atom.